The van der Waals surface area contributed by atoms with E-state index in [1.807, 2.05) is 30.3 Å². The summed E-state index contributed by atoms with van der Waals surface area (Å²) >= 11 is 12.0. The molecule has 0 aliphatic carbocycles. The first-order chi connectivity index (χ1) is 12.6. The Morgan fingerprint density at radius 1 is 1.00 bits per heavy atom. The van der Waals surface area contributed by atoms with Crippen molar-refractivity contribution in [1.29, 1.82) is 0 Å². The summed E-state index contributed by atoms with van der Waals surface area (Å²) in [5, 5.41) is 0.967. The van der Waals surface area contributed by atoms with E-state index in [0.717, 1.165) is 0 Å². The fourth-order valence-electron chi connectivity index (χ4n) is 2.89. The van der Waals surface area contributed by atoms with E-state index in [0.29, 0.717) is 32.8 Å². The van der Waals surface area contributed by atoms with E-state index >= 15 is 0 Å². The van der Waals surface area contributed by atoms with Crippen LogP contribution in [0.15, 0.2) is 66.9 Å². The largest absolute Gasteiger partial charge is 0.447 e. The lowest BCUT2D eigenvalue weighted by Crippen LogP contribution is -2.44. The minimum atomic E-state index is -1.34. The Hall–Kier alpha value is -2.56. The van der Waals surface area contributed by atoms with Gasteiger partial charge in [0.1, 0.15) is 5.75 Å². The van der Waals surface area contributed by atoms with Gasteiger partial charge >= 0.3 is 0 Å². The average molecular weight is 386 g/mol. The van der Waals surface area contributed by atoms with Crippen molar-refractivity contribution in [3.63, 3.8) is 0 Å². The predicted molar refractivity (Wildman–Crippen MR) is 99.0 cm³/mol. The third-order valence-corrected chi connectivity index (χ3v) is 4.55. The Kier molecular flexibility index (Phi) is 4.31. The predicted octanol–water partition coefficient (Wildman–Crippen LogP) is 5.29. The molecule has 0 N–H and O–H groups in total. The van der Waals surface area contributed by atoms with Crippen molar-refractivity contribution >= 4 is 29.0 Å². The zero-order chi connectivity index (χ0) is 18.1. The molecule has 130 valence electrons. The van der Waals surface area contributed by atoms with Gasteiger partial charge in [-0.3, -0.25) is 4.79 Å². The third kappa shape index (κ3) is 3.14. The van der Waals surface area contributed by atoms with Gasteiger partial charge in [0.15, 0.2) is 5.78 Å². The first kappa shape index (κ1) is 16.9. The number of halogens is 2. The monoisotopic (exact) mass is 385 g/mol. The molecule has 0 spiro atoms. The molecule has 1 unspecified atom stereocenters. The smallest absolute Gasteiger partial charge is 0.286 e. The highest BCUT2D eigenvalue weighted by atomic mass is 35.5. The number of ketones is 1. The van der Waals surface area contributed by atoms with Crippen molar-refractivity contribution in [2.45, 2.75) is 12.2 Å². The number of nitrogens with zero attached hydrogens (tertiary/aromatic N) is 1. The zero-order valence-corrected chi connectivity index (χ0v) is 15.0. The molecule has 1 aliphatic rings. The van der Waals surface area contributed by atoms with E-state index < -0.39 is 5.79 Å². The van der Waals surface area contributed by atoms with Gasteiger partial charge in [0, 0.05) is 22.8 Å². The van der Waals surface area contributed by atoms with Crippen LogP contribution < -0.4 is 9.47 Å². The van der Waals surface area contributed by atoms with Crippen LogP contribution in [0.5, 0.6) is 11.6 Å². The molecule has 0 saturated heterocycles. The average Bonchev–Trinajstić information content (AvgIpc) is 2.64. The van der Waals surface area contributed by atoms with Crippen LogP contribution in [0.3, 0.4) is 0 Å². The zero-order valence-electron chi connectivity index (χ0n) is 13.5. The Labute approximate surface area is 160 Å². The van der Waals surface area contributed by atoms with Crippen molar-refractivity contribution in [2.75, 3.05) is 0 Å². The second-order valence-corrected chi connectivity index (χ2v) is 6.75. The van der Waals surface area contributed by atoms with Crippen LogP contribution in [0.1, 0.15) is 22.3 Å². The van der Waals surface area contributed by atoms with Crippen LogP contribution in [-0.4, -0.2) is 10.8 Å². The normalized spacial score (nSPS) is 18.8. The van der Waals surface area contributed by atoms with Gasteiger partial charge < -0.3 is 9.47 Å². The second-order valence-electron chi connectivity index (χ2n) is 5.88. The second kappa shape index (κ2) is 6.63. The van der Waals surface area contributed by atoms with Gasteiger partial charge in [-0.15, -0.1) is 0 Å². The summed E-state index contributed by atoms with van der Waals surface area (Å²) in [6, 6.07) is 17.5. The van der Waals surface area contributed by atoms with Crippen molar-refractivity contribution in [3.05, 3.63) is 88.0 Å². The Balaban J connectivity index is 1.82. The molecule has 0 saturated carbocycles. The van der Waals surface area contributed by atoms with Crippen molar-refractivity contribution < 1.29 is 14.3 Å². The maximum Gasteiger partial charge on any atom is 0.286 e. The highest BCUT2D eigenvalue weighted by Crippen LogP contribution is 2.41. The number of benzene rings is 2. The number of hydrogen-bond acceptors (Lipinski definition) is 4. The summed E-state index contributed by atoms with van der Waals surface area (Å²) in [7, 11) is 0. The molecule has 0 fully saturated rings. The van der Waals surface area contributed by atoms with Gasteiger partial charge in [0.2, 0.25) is 5.88 Å². The van der Waals surface area contributed by atoms with Gasteiger partial charge in [-0.05, 0) is 24.3 Å². The standard InChI is InChI=1S/C20H13Cl2NO3/c21-14-6-8-16-17(24)11-20(25-18(16)10-14,13-4-2-1-3-5-13)26-19-9-7-15(22)12-23-19/h1-10,12H,11H2. The summed E-state index contributed by atoms with van der Waals surface area (Å²) in [5.74, 6) is -0.750. The molecule has 26 heavy (non-hydrogen) atoms. The van der Waals surface area contributed by atoms with Crippen molar-refractivity contribution in [2.24, 2.45) is 0 Å². The number of Topliss-reactive ketones (excluding diaryl/α,β-unsaturated/α-hetero) is 1. The third-order valence-electron chi connectivity index (χ3n) is 4.10. The molecule has 1 aromatic heterocycles. The number of carbonyl (C=O) groups is 1. The summed E-state index contributed by atoms with van der Waals surface area (Å²) in [6.45, 7) is 0. The van der Waals surface area contributed by atoms with Gasteiger partial charge in [-0.1, -0.05) is 53.5 Å². The van der Waals surface area contributed by atoms with Crippen LogP contribution in [0.2, 0.25) is 10.0 Å². The van der Waals surface area contributed by atoms with Crippen LogP contribution in [0.4, 0.5) is 0 Å². The Morgan fingerprint density at radius 2 is 1.77 bits per heavy atom. The molecule has 4 nitrogen and oxygen atoms in total. The lowest BCUT2D eigenvalue weighted by molar-refractivity contribution is -0.127. The molecule has 0 radical (unpaired) electrons. The molecule has 2 heterocycles. The summed E-state index contributed by atoms with van der Waals surface area (Å²) < 4.78 is 12.3. The van der Waals surface area contributed by atoms with Crippen LogP contribution >= 0.6 is 23.2 Å². The molecular weight excluding hydrogens is 373 g/mol. The van der Waals surface area contributed by atoms with Crippen molar-refractivity contribution in [1.82, 2.24) is 4.98 Å². The Morgan fingerprint density at radius 3 is 2.50 bits per heavy atom. The van der Waals surface area contributed by atoms with E-state index in [2.05, 4.69) is 4.98 Å². The SMILES string of the molecule is O=C1CC(Oc2ccc(Cl)cn2)(c2ccccc2)Oc2cc(Cl)ccc21. The van der Waals surface area contributed by atoms with Gasteiger partial charge in [-0.25, -0.2) is 4.98 Å². The lowest BCUT2D eigenvalue weighted by atomic mass is 9.93. The highest BCUT2D eigenvalue weighted by Gasteiger charge is 2.45. The summed E-state index contributed by atoms with van der Waals surface area (Å²) in [5.41, 5.74) is 1.18. The molecular formula is C20H13Cl2NO3. The van der Waals surface area contributed by atoms with E-state index in [-0.39, 0.29) is 12.2 Å². The fourth-order valence-corrected chi connectivity index (χ4v) is 3.17. The quantitative estimate of drug-likeness (QED) is 0.614. The summed E-state index contributed by atoms with van der Waals surface area (Å²) in [4.78, 5) is 17.0. The van der Waals surface area contributed by atoms with Gasteiger partial charge in [-0.2, -0.15) is 0 Å². The minimum Gasteiger partial charge on any atom is -0.447 e. The topological polar surface area (TPSA) is 48.4 Å². The number of hydrogen-bond donors (Lipinski definition) is 0. The van der Waals surface area contributed by atoms with Gasteiger partial charge in [0.25, 0.3) is 5.79 Å². The van der Waals surface area contributed by atoms with E-state index in [9.17, 15) is 4.79 Å². The molecule has 1 atom stereocenters. The van der Waals surface area contributed by atoms with E-state index in [4.69, 9.17) is 32.7 Å². The first-order valence-electron chi connectivity index (χ1n) is 7.94. The number of carbonyl (C=O) groups excluding carboxylic acids is 1. The molecule has 4 rings (SSSR count). The molecule has 0 bridgehead atoms. The molecule has 6 heteroatoms. The van der Waals surface area contributed by atoms with E-state index in [1.54, 1.807) is 30.3 Å². The molecule has 1 aliphatic heterocycles. The van der Waals surface area contributed by atoms with Crippen LogP contribution in [0, 0.1) is 0 Å². The van der Waals surface area contributed by atoms with Crippen LogP contribution in [-0.2, 0) is 5.79 Å². The summed E-state index contributed by atoms with van der Waals surface area (Å²) in [6.07, 6.45) is 1.49. The number of aromatic nitrogens is 1. The van der Waals surface area contributed by atoms with Crippen molar-refractivity contribution in [3.8, 4) is 11.6 Å². The maximum absolute atomic E-state index is 12.8. The first-order valence-corrected chi connectivity index (χ1v) is 8.69. The number of pyridine rings is 1. The Bertz CT molecular complexity index is 961. The lowest BCUT2D eigenvalue weighted by Gasteiger charge is -2.37. The number of fused-ring (bicyclic) bond motifs is 1. The maximum atomic E-state index is 12.8. The van der Waals surface area contributed by atoms with Crippen LogP contribution in [0.25, 0.3) is 0 Å². The van der Waals surface area contributed by atoms with Gasteiger partial charge in [0.05, 0.1) is 17.0 Å². The number of ether oxygens (including phenoxy) is 2. The molecule has 2 aromatic carbocycles. The fraction of sp³-hybridized carbons (Fsp3) is 0.100. The van der Waals surface area contributed by atoms with E-state index in [1.165, 1.54) is 6.20 Å². The number of rotatable bonds is 3. The minimum absolute atomic E-state index is 0.00987. The molecule has 0 amide bonds. The highest BCUT2D eigenvalue weighted by molar-refractivity contribution is 6.31. The molecule has 3 aromatic rings.